The van der Waals surface area contributed by atoms with Gasteiger partial charge in [-0.1, -0.05) is 11.8 Å². The molecule has 2 aromatic heterocycles. The molecule has 0 aromatic carbocycles. The largest absolute Gasteiger partial charge is 0.420 e. The molecule has 0 spiro atoms. The number of carbonyl (C=O) groups is 1. The van der Waals surface area contributed by atoms with E-state index in [1.165, 1.54) is 34.8 Å². The standard InChI is InChI=1S/C23H26F4N4O2S/c1-34-18-10-17(4-5-31(18)33)28-22(32)21-19(23(25,26)27)20(13-2-3-13)29-30(21)11-12-6-14-8-16(24)9-15(14)7-12/h4-5,10,12-16,33H,2-3,6-9,11H2,1H3/p+1. The maximum atomic E-state index is 14.2. The predicted molar refractivity (Wildman–Crippen MR) is 117 cm³/mol. The van der Waals surface area contributed by atoms with Gasteiger partial charge in [-0.25, -0.2) is 4.39 Å². The first-order valence-electron chi connectivity index (χ1n) is 11.6. The number of pyridine rings is 1. The van der Waals surface area contributed by atoms with E-state index in [0.29, 0.717) is 30.7 Å². The summed E-state index contributed by atoms with van der Waals surface area (Å²) in [6.45, 7) is 0.212. The van der Waals surface area contributed by atoms with Crippen molar-refractivity contribution in [2.75, 3.05) is 11.6 Å². The molecule has 0 radical (unpaired) electrons. The lowest BCUT2D eigenvalue weighted by Gasteiger charge is -2.16. The first-order chi connectivity index (χ1) is 16.1. The summed E-state index contributed by atoms with van der Waals surface area (Å²) in [4.78, 5) is 13.3. The normalized spacial score (nSPS) is 26.6. The van der Waals surface area contributed by atoms with Crippen molar-refractivity contribution >= 4 is 23.4 Å². The number of rotatable bonds is 6. The Bertz CT molecular complexity index is 1090. The molecule has 34 heavy (non-hydrogen) atoms. The molecule has 2 heterocycles. The number of hydrogen-bond acceptors (Lipinski definition) is 4. The molecule has 11 heteroatoms. The van der Waals surface area contributed by atoms with Crippen molar-refractivity contribution in [3.05, 3.63) is 35.3 Å². The smallest absolute Gasteiger partial charge is 0.320 e. The second kappa shape index (κ2) is 8.73. The molecule has 0 bridgehead atoms. The number of alkyl halides is 4. The van der Waals surface area contributed by atoms with Crippen molar-refractivity contribution < 1.29 is 32.3 Å². The zero-order valence-corrected chi connectivity index (χ0v) is 19.5. The maximum Gasteiger partial charge on any atom is 0.420 e. The summed E-state index contributed by atoms with van der Waals surface area (Å²) in [5.74, 6) is -0.575. The van der Waals surface area contributed by atoms with E-state index in [-0.39, 0.29) is 41.6 Å². The van der Waals surface area contributed by atoms with Gasteiger partial charge in [0, 0.05) is 29.3 Å². The summed E-state index contributed by atoms with van der Waals surface area (Å²) in [6.07, 6.45) is 1.33. The summed E-state index contributed by atoms with van der Waals surface area (Å²) in [5.41, 5.74) is -1.20. The van der Waals surface area contributed by atoms with Crippen LogP contribution in [0.25, 0.3) is 0 Å². The molecule has 2 atom stereocenters. The Morgan fingerprint density at radius 3 is 2.53 bits per heavy atom. The summed E-state index contributed by atoms with van der Waals surface area (Å²) in [5, 5.41) is 17.1. The summed E-state index contributed by atoms with van der Waals surface area (Å²) >= 11 is 1.23. The van der Waals surface area contributed by atoms with E-state index in [0.717, 1.165) is 17.6 Å². The molecule has 3 aliphatic carbocycles. The molecule has 184 valence electrons. The molecule has 6 nitrogen and oxygen atoms in total. The molecule has 0 saturated heterocycles. The van der Waals surface area contributed by atoms with Crippen LogP contribution in [0.15, 0.2) is 23.4 Å². The quantitative estimate of drug-likeness (QED) is 0.253. The van der Waals surface area contributed by atoms with Crippen molar-refractivity contribution in [2.24, 2.45) is 17.8 Å². The zero-order chi connectivity index (χ0) is 24.2. The van der Waals surface area contributed by atoms with E-state index in [9.17, 15) is 27.6 Å². The highest BCUT2D eigenvalue weighted by atomic mass is 32.2. The van der Waals surface area contributed by atoms with Gasteiger partial charge in [0.25, 0.3) is 10.9 Å². The van der Waals surface area contributed by atoms with Crippen LogP contribution in [0, 0.1) is 17.8 Å². The van der Waals surface area contributed by atoms with Gasteiger partial charge in [0.2, 0.25) is 6.20 Å². The molecule has 2 N–H and O–H groups in total. The second-order valence-corrected chi connectivity index (χ2v) is 10.6. The first-order valence-corrected chi connectivity index (χ1v) is 12.8. The van der Waals surface area contributed by atoms with Crippen LogP contribution in [0.2, 0.25) is 0 Å². The highest BCUT2D eigenvalue weighted by molar-refractivity contribution is 7.98. The fraction of sp³-hybridized carbons (Fsp3) is 0.609. The Hall–Kier alpha value is -2.30. The van der Waals surface area contributed by atoms with Crippen molar-refractivity contribution in [3.8, 4) is 0 Å². The van der Waals surface area contributed by atoms with Gasteiger partial charge in [0.05, 0.1) is 11.4 Å². The Labute approximate surface area is 198 Å². The third-order valence-corrected chi connectivity index (χ3v) is 8.02. The SMILES string of the molecule is CSc1cc(NC(=O)c2c(C(F)(F)F)c(C3CC3)nn2CC2CC3CC(F)CC3C2)cc[n+]1O. The third-order valence-electron chi connectivity index (χ3n) is 7.30. The molecule has 3 aliphatic rings. The van der Waals surface area contributed by atoms with Crippen LogP contribution in [0.4, 0.5) is 23.2 Å². The molecule has 3 fully saturated rings. The topological polar surface area (TPSA) is 71.0 Å². The van der Waals surface area contributed by atoms with Crippen LogP contribution in [0.3, 0.4) is 0 Å². The number of halogens is 4. The van der Waals surface area contributed by atoms with Crippen LogP contribution in [0.5, 0.6) is 0 Å². The predicted octanol–water partition coefficient (Wildman–Crippen LogP) is 5.05. The fourth-order valence-corrected chi connectivity index (χ4v) is 6.21. The van der Waals surface area contributed by atoms with Crippen LogP contribution in [0.1, 0.15) is 66.2 Å². The number of thioether (sulfide) groups is 1. The molecular weight excluding hydrogens is 472 g/mol. The van der Waals surface area contributed by atoms with Gasteiger partial charge in [-0.05, 0) is 62.5 Å². The van der Waals surface area contributed by atoms with Crippen molar-refractivity contribution in [2.45, 2.75) is 68.4 Å². The van der Waals surface area contributed by atoms with E-state index < -0.39 is 29.5 Å². The van der Waals surface area contributed by atoms with Crippen molar-refractivity contribution in [1.29, 1.82) is 0 Å². The molecule has 1 amide bonds. The number of fused-ring (bicyclic) bond motifs is 1. The monoisotopic (exact) mass is 499 g/mol. The Morgan fingerprint density at radius 2 is 1.94 bits per heavy atom. The Morgan fingerprint density at radius 1 is 1.26 bits per heavy atom. The minimum atomic E-state index is -4.72. The number of nitrogens with one attached hydrogen (secondary N) is 1. The van der Waals surface area contributed by atoms with E-state index in [1.54, 1.807) is 6.26 Å². The Kier molecular flexibility index (Phi) is 6.02. The molecule has 3 saturated carbocycles. The van der Waals surface area contributed by atoms with Gasteiger partial charge in [-0.2, -0.15) is 18.3 Å². The van der Waals surface area contributed by atoms with Gasteiger partial charge in [-0.3, -0.25) is 14.7 Å². The van der Waals surface area contributed by atoms with Crippen molar-refractivity contribution in [3.63, 3.8) is 0 Å². The number of anilines is 1. The van der Waals surface area contributed by atoms with Gasteiger partial charge < -0.3 is 5.32 Å². The highest BCUT2D eigenvalue weighted by Gasteiger charge is 2.47. The number of nitrogens with zero attached hydrogens (tertiary/aromatic N) is 3. The molecular formula is C23H27F4N4O2S+. The number of hydrogen-bond donors (Lipinski definition) is 2. The Balaban J connectivity index is 1.47. The van der Waals surface area contributed by atoms with Gasteiger partial charge in [0.15, 0.2) is 0 Å². The first kappa shape index (κ1) is 23.4. The zero-order valence-electron chi connectivity index (χ0n) is 18.7. The lowest BCUT2D eigenvalue weighted by Crippen LogP contribution is -2.32. The molecule has 2 aromatic rings. The van der Waals surface area contributed by atoms with Crippen LogP contribution in [-0.4, -0.2) is 33.3 Å². The van der Waals surface area contributed by atoms with Crippen LogP contribution in [-0.2, 0) is 12.7 Å². The van der Waals surface area contributed by atoms with Crippen LogP contribution >= 0.6 is 11.8 Å². The summed E-state index contributed by atoms with van der Waals surface area (Å²) < 4.78 is 58.5. The van der Waals surface area contributed by atoms with E-state index in [4.69, 9.17) is 0 Å². The van der Waals surface area contributed by atoms with Crippen molar-refractivity contribution in [1.82, 2.24) is 9.78 Å². The average molecular weight is 500 g/mol. The fourth-order valence-electron chi connectivity index (χ4n) is 5.72. The van der Waals surface area contributed by atoms with Crippen LogP contribution < -0.4 is 10.0 Å². The van der Waals surface area contributed by atoms with E-state index in [2.05, 4.69) is 10.4 Å². The number of amides is 1. The number of carbonyl (C=O) groups excluding carboxylic acids is 1. The average Bonchev–Trinajstić information content (AvgIpc) is 3.31. The van der Waals surface area contributed by atoms with E-state index >= 15 is 0 Å². The molecule has 2 unspecified atom stereocenters. The molecule has 5 rings (SSSR count). The highest BCUT2D eigenvalue weighted by Crippen LogP contribution is 2.50. The lowest BCUT2D eigenvalue weighted by atomic mass is 10.0. The second-order valence-electron chi connectivity index (χ2n) is 9.75. The third kappa shape index (κ3) is 4.50. The lowest BCUT2D eigenvalue weighted by molar-refractivity contribution is -0.932. The summed E-state index contributed by atoms with van der Waals surface area (Å²) in [6, 6.07) is 2.91. The van der Waals surface area contributed by atoms with Gasteiger partial charge in [0.1, 0.15) is 17.4 Å². The minimum Gasteiger partial charge on any atom is -0.320 e. The van der Waals surface area contributed by atoms with Gasteiger partial charge >= 0.3 is 6.18 Å². The summed E-state index contributed by atoms with van der Waals surface area (Å²) in [7, 11) is 0. The minimum absolute atomic E-state index is 0.0503. The maximum absolute atomic E-state index is 14.2. The van der Waals surface area contributed by atoms with Gasteiger partial charge in [-0.15, -0.1) is 0 Å². The molecule has 0 aliphatic heterocycles. The number of aromatic nitrogens is 3. The van der Waals surface area contributed by atoms with E-state index in [1.807, 2.05) is 0 Å².